The molecule has 3 heterocycles. The number of ketones is 1. The minimum Gasteiger partial charge on any atom is -0.498 e. The first kappa shape index (κ1) is 34.4. The molecule has 1 unspecified atom stereocenters. The minimum atomic E-state index is -4.18. The number of benzene rings is 2. The van der Waals surface area contributed by atoms with Gasteiger partial charge in [-0.2, -0.15) is 4.98 Å². The van der Waals surface area contributed by atoms with E-state index in [-0.39, 0.29) is 34.8 Å². The Hall–Kier alpha value is -4.92. The fourth-order valence-electron chi connectivity index (χ4n) is 5.52. The Morgan fingerprint density at radius 2 is 1.83 bits per heavy atom. The number of allylic oxidation sites excluding steroid dienone is 1. The van der Waals surface area contributed by atoms with Crippen LogP contribution in [0.5, 0.6) is 0 Å². The van der Waals surface area contributed by atoms with Crippen molar-refractivity contribution < 1.29 is 18.3 Å². The summed E-state index contributed by atoms with van der Waals surface area (Å²) in [6.07, 6.45) is 4.39. The fraction of sp³-hybridized carbons (Fsp3) is 0.324. The van der Waals surface area contributed by atoms with E-state index in [4.69, 9.17) is 5.41 Å². The second kappa shape index (κ2) is 14.9. The van der Waals surface area contributed by atoms with E-state index in [2.05, 4.69) is 32.5 Å². The van der Waals surface area contributed by atoms with Crippen LogP contribution in [0.4, 0.5) is 17.3 Å². The molecule has 48 heavy (non-hydrogen) atoms. The Balaban J connectivity index is 1.52. The van der Waals surface area contributed by atoms with Crippen molar-refractivity contribution in [3.63, 3.8) is 0 Å². The van der Waals surface area contributed by atoms with Gasteiger partial charge in [0.15, 0.2) is 5.78 Å². The molecule has 4 N–H and O–H groups in total. The van der Waals surface area contributed by atoms with Crippen LogP contribution in [-0.2, 0) is 16.4 Å². The zero-order chi connectivity index (χ0) is 34.4. The number of nitrogens with one attached hydrogen (secondary N) is 3. The number of carbonyl (C=O) groups is 1. The Labute approximate surface area is 279 Å². The molecule has 2 aromatic carbocycles. The van der Waals surface area contributed by atoms with Gasteiger partial charge in [-0.05, 0) is 70.9 Å². The molecule has 0 saturated carbocycles. The second-order valence-electron chi connectivity index (χ2n) is 12.2. The van der Waals surface area contributed by atoms with Crippen molar-refractivity contribution in [1.29, 1.82) is 5.41 Å². The number of anilines is 3. The first-order chi connectivity index (χ1) is 22.9. The molecule has 14 heteroatoms. The van der Waals surface area contributed by atoms with E-state index in [1.807, 2.05) is 24.3 Å². The van der Waals surface area contributed by atoms with Crippen molar-refractivity contribution in [2.45, 2.75) is 25.4 Å². The highest BCUT2D eigenvalue weighted by Gasteiger charge is 2.24. The van der Waals surface area contributed by atoms with Gasteiger partial charge >= 0.3 is 0 Å². The number of carbonyl (C=O) groups excluding carboxylic acids is 1. The molecule has 0 radical (unpaired) electrons. The number of sulfone groups is 1. The van der Waals surface area contributed by atoms with E-state index < -0.39 is 38.6 Å². The molecule has 4 aromatic rings. The number of likely N-dealkylation sites (tertiary alicyclic amines) is 1. The highest BCUT2D eigenvalue weighted by molar-refractivity contribution is 7.95. The average molecular weight is 673 g/mol. The molecule has 5 rings (SSSR count). The van der Waals surface area contributed by atoms with Gasteiger partial charge in [-0.25, -0.2) is 13.4 Å². The quantitative estimate of drug-likeness (QED) is 0.0927. The van der Waals surface area contributed by atoms with Crippen molar-refractivity contribution >= 4 is 50.2 Å². The molecule has 1 aliphatic heterocycles. The summed E-state index contributed by atoms with van der Waals surface area (Å²) >= 11 is 0. The van der Waals surface area contributed by atoms with Crippen LogP contribution in [0.2, 0.25) is 0 Å². The van der Waals surface area contributed by atoms with E-state index in [0.717, 1.165) is 36.2 Å². The number of fused-ring (bicyclic) bond motifs is 1. The Kier molecular flexibility index (Phi) is 10.7. The predicted octanol–water partition coefficient (Wildman–Crippen LogP) is 3.67. The molecule has 1 atom stereocenters. The van der Waals surface area contributed by atoms with Gasteiger partial charge in [0.25, 0.3) is 5.56 Å². The lowest BCUT2D eigenvalue weighted by molar-refractivity contribution is 0.103. The van der Waals surface area contributed by atoms with Crippen LogP contribution in [0.15, 0.2) is 82.3 Å². The van der Waals surface area contributed by atoms with E-state index in [1.54, 1.807) is 49.3 Å². The summed E-state index contributed by atoms with van der Waals surface area (Å²) in [7, 11) is 1.33. The van der Waals surface area contributed by atoms with Gasteiger partial charge < -0.3 is 30.9 Å². The summed E-state index contributed by atoms with van der Waals surface area (Å²) in [6.45, 7) is 1.68. The van der Waals surface area contributed by atoms with Crippen LogP contribution < -0.4 is 16.2 Å². The SMILES string of the molecule is CN(C)CCS(=O)(=O)/C(O)=C(/C=N)Cn1c(=O)c(C(=O)c2ccccc2)cc2cnc(Nc3ccc(NC4CCCN(C)C4)cc3)nc21. The van der Waals surface area contributed by atoms with Crippen LogP contribution in [0.1, 0.15) is 28.8 Å². The smallest absolute Gasteiger partial charge is 0.263 e. The number of aliphatic hydroxyl groups is 1. The molecule has 1 aliphatic rings. The van der Waals surface area contributed by atoms with Gasteiger partial charge in [0.1, 0.15) is 5.65 Å². The van der Waals surface area contributed by atoms with Gasteiger partial charge in [-0.15, -0.1) is 0 Å². The molecule has 252 valence electrons. The fourth-order valence-corrected chi connectivity index (χ4v) is 6.84. The predicted molar refractivity (Wildman–Crippen MR) is 188 cm³/mol. The molecule has 0 aliphatic carbocycles. The first-order valence-corrected chi connectivity index (χ1v) is 17.2. The lowest BCUT2D eigenvalue weighted by atomic mass is 10.0. The van der Waals surface area contributed by atoms with Gasteiger partial charge in [-0.1, -0.05) is 30.3 Å². The normalized spacial score (nSPS) is 16.0. The van der Waals surface area contributed by atoms with E-state index in [1.165, 1.54) is 12.3 Å². The third kappa shape index (κ3) is 8.13. The third-order valence-corrected chi connectivity index (χ3v) is 9.69. The molecule has 1 saturated heterocycles. The zero-order valence-electron chi connectivity index (χ0n) is 27.2. The van der Waals surface area contributed by atoms with Gasteiger partial charge in [-0.3, -0.25) is 14.2 Å². The lowest BCUT2D eigenvalue weighted by Gasteiger charge is -2.30. The monoisotopic (exact) mass is 672 g/mol. The summed E-state index contributed by atoms with van der Waals surface area (Å²) in [5.74, 6) is -0.793. The number of rotatable bonds is 13. The molecule has 0 amide bonds. The van der Waals surface area contributed by atoms with Crippen molar-refractivity contribution in [3.8, 4) is 0 Å². The van der Waals surface area contributed by atoms with Crippen molar-refractivity contribution in [2.24, 2.45) is 0 Å². The number of nitrogens with zero attached hydrogens (tertiary/aromatic N) is 5. The maximum atomic E-state index is 13.9. The zero-order valence-corrected chi connectivity index (χ0v) is 28.0. The van der Waals surface area contributed by atoms with Crippen LogP contribution in [0.3, 0.4) is 0 Å². The number of piperidine rings is 1. The summed E-state index contributed by atoms with van der Waals surface area (Å²) in [6, 6.07) is 17.7. The maximum absolute atomic E-state index is 13.9. The van der Waals surface area contributed by atoms with Gasteiger partial charge in [0.05, 0.1) is 17.9 Å². The summed E-state index contributed by atoms with van der Waals surface area (Å²) in [4.78, 5) is 40.3. The van der Waals surface area contributed by atoms with Crippen molar-refractivity contribution in [3.05, 3.63) is 99.0 Å². The van der Waals surface area contributed by atoms with E-state index >= 15 is 0 Å². The van der Waals surface area contributed by atoms with E-state index in [0.29, 0.717) is 23.3 Å². The number of hydrogen-bond acceptors (Lipinski definition) is 12. The van der Waals surface area contributed by atoms with Gasteiger partial charge in [0.2, 0.25) is 20.9 Å². The molecule has 2 aromatic heterocycles. The minimum absolute atomic E-state index is 0.0830. The molecule has 0 spiro atoms. The van der Waals surface area contributed by atoms with E-state index in [9.17, 15) is 23.1 Å². The Morgan fingerprint density at radius 1 is 1.12 bits per heavy atom. The molecule has 13 nitrogen and oxygen atoms in total. The number of aliphatic hydroxyl groups excluding tert-OH is 1. The largest absolute Gasteiger partial charge is 0.498 e. The Morgan fingerprint density at radius 3 is 2.50 bits per heavy atom. The van der Waals surface area contributed by atoms with Gasteiger partial charge in [0, 0.05) is 59.4 Å². The third-order valence-electron chi connectivity index (χ3n) is 8.12. The summed E-state index contributed by atoms with van der Waals surface area (Å²) in [5, 5.41) is 24.8. The highest BCUT2D eigenvalue weighted by atomic mass is 32.2. The van der Waals surface area contributed by atoms with Crippen molar-refractivity contribution in [2.75, 3.05) is 57.2 Å². The molecular formula is C34H40N8O5S. The molecular weight excluding hydrogens is 632 g/mol. The second-order valence-corrected chi connectivity index (χ2v) is 14.2. The van der Waals surface area contributed by atoms with Crippen molar-refractivity contribution in [1.82, 2.24) is 24.3 Å². The molecule has 0 bridgehead atoms. The number of pyridine rings is 1. The first-order valence-electron chi connectivity index (χ1n) is 15.6. The Bertz CT molecular complexity index is 1990. The number of likely N-dealkylation sites (N-methyl/N-ethyl adjacent to an activating group) is 1. The van der Waals surface area contributed by atoms with Crippen LogP contribution >= 0.6 is 0 Å². The summed E-state index contributed by atoms with van der Waals surface area (Å²) < 4.78 is 26.9. The van der Waals surface area contributed by atoms with Crippen LogP contribution in [-0.4, -0.2) is 102 Å². The van der Waals surface area contributed by atoms with Crippen LogP contribution in [0, 0.1) is 5.41 Å². The standard InChI is InChI=1S/C34H40N8O5S/c1-40(2)16-17-48(46,47)33(45)25(19-35)21-42-31-24(18-29(32(42)44)30(43)23-8-5-4-6-9-23)20-36-34(39-31)38-27-13-11-26(12-14-27)37-28-10-7-15-41(3)22-28/h4-6,8-9,11-14,18-20,28,35,37,45H,7,10,15-17,21-22H2,1-3H3,(H,36,38,39)/b33-25-,35-19?. The maximum Gasteiger partial charge on any atom is 0.263 e. The topological polar surface area (TPSA) is 174 Å². The number of aromatic nitrogens is 3. The number of hydrogen-bond donors (Lipinski definition) is 4. The highest BCUT2D eigenvalue weighted by Crippen LogP contribution is 2.22. The summed E-state index contributed by atoms with van der Waals surface area (Å²) in [5.41, 5.74) is 0.755. The lowest BCUT2D eigenvalue weighted by Crippen LogP contribution is -2.39. The molecule has 1 fully saturated rings. The van der Waals surface area contributed by atoms with Crippen LogP contribution in [0.25, 0.3) is 11.0 Å². The average Bonchev–Trinajstić information content (AvgIpc) is 3.07.